The number of hydrogen-bond acceptors (Lipinski definition) is 3. The lowest BCUT2D eigenvalue weighted by Gasteiger charge is -2.40. The molecule has 3 fully saturated rings. The Balaban J connectivity index is 1.54. The van der Waals surface area contributed by atoms with E-state index in [1.165, 1.54) is 71.0 Å². The molecule has 2 aliphatic carbocycles. The van der Waals surface area contributed by atoms with Crippen molar-refractivity contribution in [1.29, 1.82) is 0 Å². The Labute approximate surface area is 118 Å². The Morgan fingerprint density at radius 3 is 2.58 bits per heavy atom. The van der Waals surface area contributed by atoms with Crippen molar-refractivity contribution >= 4 is 0 Å². The molecule has 0 aromatic rings. The molecule has 1 aliphatic heterocycles. The normalized spacial score (nSPS) is 31.7. The molecule has 0 bridgehead atoms. The van der Waals surface area contributed by atoms with Crippen LogP contribution in [0.25, 0.3) is 0 Å². The van der Waals surface area contributed by atoms with Crippen LogP contribution in [0.2, 0.25) is 0 Å². The molecule has 1 saturated heterocycles. The summed E-state index contributed by atoms with van der Waals surface area (Å²) in [6, 6.07) is 0.851. The standard InChI is InChI=1S/C16H30N2O/c1-19-15-7-10-18(11-15)13-16(8-3-2-4-9-16)12-17-14-5-6-14/h14-15,17H,2-13H2,1H3. The molecule has 1 unspecified atom stereocenters. The zero-order chi connectivity index (χ0) is 13.1. The molecule has 2 saturated carbocycles. The van der Waals surface area contributed by atoms with Gasteiger partial charge in [-0.25, -0.2) is 0 Å². The second-order valence-corrected chi connectivity index (χ2v) is 7.10. The fourth-order valence-electron chi connectivity index (χ4n) is 3.95. The molecular formula is C16H30N2O. The van der Waals surface area contributed by atoms with E-state index in [1.54, 1.807) is 0 Å². The van der Waals surface area contributed by atoms with Crippen molar-refractivity contribution in [3.63, 3.8) is 0 Å². The van der Waals surface area contributed by atoms with Crippen molar-refractivity contribution in [1.82, 2.24) is 10.2 Å². The molecule has 0 radical (unpaired) electrons. The van der Waals surface area contributed by atoms with Gasteiger partial charge < -0.3 is 15.0 Å². The van der Waals surface area contributed by atoms with Crippen LogP contribution in [0.1, 0.15) is 51.4 Å². The van der Waals surface area contributed by atoms with Gasteiger partial charge in [0.15, 0.2) is 0 Å². The van der Waals surface area contributed by atoms with Crippen LogP contribution in [0.15, 0.2) is 0 Å². The lowest BCUT2D eigenvalue weighted by atomic mass is 9.73. The lowest BCUT2D eigenvalue weighted by molar-refractivity contribution is 0.0834. The predicted molar refractivity (Wildman–Crippen MR) is 78.4 cm³/mol. The van der Waals surface area contributed by atoms with Crippen molar-refractivity contribution < 1.29 is 4.74 Å². The molecule has 1 atom stereocenters. The first-order chi connectivity index (χ1) is 9.30. The monoisotopic (exact) mass is 266 g/mol. The quantitative estimate of drug-likeness (QED) is 0.799. The molecule has 3 aliphatic rings. The van der Waals surface area contributed by atoms with Crippen molar-refractivity contribution in [2.24, 2.45) is 5.41 Å². The smallest absolute Gasteiger partial charge is 0.0710 e. The Kier molecular flexibility index (Phi) is 4.45. The average Bonchev–Trinajstić information content (AvgIpc) is 3.17. The van der Waals surface area contributed by atoms with Gasteiger partial charge in [-0.2, -0.15) is 0 Å². The maximum Gasteiger partial charge on any atom is 0.0710 e. The Bertz CT molecular complexity index is 284. The topological polar surface area (TPSA) is 24.5 Å². The number of likely N-dealkylation sites (tertiary alicyclic amines) is 1. The van der Waals surface area contributed by atoms with Gasteiger partial charge in [0.2, 0.25) is 0 Å². The van der Waals surface area contributed by atoms with E-state index in [0.29, 0.717) is 11.5 Å². The fourth-order valence-corrected chi connectivity index (χ4v) is 3.95. The molecule has 3 nitrogen and oxygen atoms in total. The highest BCUT2D eigenvalue weighted by atomic mass is 16.5. The summed E-state index contributed by atoms with van der Waals surface area (Å²) in [5, 5.41) is 3.81. The van der Waals surface area contributed by atoms with E-state index in [1.807, 2.05) is 7.11 Å². The summed E-state index contributed by atoms with van der Waals surface area (Å²) in [6.07, 6.45) is 11.7. The molecule has 110 valence electrons. The van der Waals surface area contributed by atoms with Crippen LogP contribution >= 0.6 is 0 Å². The molecule has 0 aromatic carbocycles. The highest BCUT2D eigenvalue weighted by molar-refractivity contribution is 4.93. The number of methoxy groups -OCH3 is 1. The molecule has 0 amide bonds. The average molecular weight is 266 g/mol. The third kappa shape index (κ3) is 3.71. The van der Waals surface area contributed by atoms with Crippen LogP contribution < -0.4 is 5.32 Å². The van der Waals surface area contributed by atoms with E-state index >= 15 is 0 Å². The summed E-state index contributed by atoms with van der Waals surface area (Å²) < 4.78 is 5.51. The van der Waals surface area contributed by atoms with E-state index in [0.717, 1.165) is 12.6 Å². The summed E-state index contributed by atoms with van der Waals surface area (Å²) in [6.45, 7) is 4.95. The summed E-state index contributed by atoms with van der Waals surface area (Å²) in [5.41, 5.74) is 0.559. The third-order valence-corrected chi connectivity index (χ3v) is 5.38. The number of ether oxygens (including phenoxy) is 1. The van der Waals surface area contributed by atoms with Gasteiger partial charge in [0.25, 0.3) is 0 Å². The van der Waals surface area contributed by atoms with Crippen molar-refractivity contribution in [2.75, 3.05) is 33.3 Å². The maximum atomic E-state index is 5.51. The highest BCUT2D eigenvalue weighted by Crippen LogP contribution is 2.38. The zero-order valence-corrected chi connectivity index (χ0v) is 12.5. The minimum Gasteiger partial charge on any atom is -0.380 e. The van der Waals surface area contributed by atoms with Gasteiger partial charge >= 0.3 is 0 Å². The highest BCUT2D eigenvalue weighted by Gasteiger charge is 2.37. The summed E-state index contributed by atoms with van der Waals surface area (Å²) in [7, 11) is 1.86. The minimum absolute atomic E-state index is 0.483. The molecule has 19 heavy (non-hydrogen) atoms. The molecule has 0 aromatic heterocycles. The van der Waals surface area contributed by atoms with Crippen LogP contribution in [0.4, 0.5) is 0 Å². The molecule has 1 N–H and O–H groups in total. The molecular weight excluding hydrogens is 236 g/mol. The predicted octanol–water partition coefficient (Wildman–Crippen LogP) is 2.41. The summed E-state index contributed by atoms with van der Waals surface area (Å²) in [4.78, 5) is 2.66. The summed E-state index contributed by atoms with van der Waals surface area (Å²) >= 11 is 0. The first-order valence-corrected chi connectivity index (χ1v) is 8.28. The fraction of sp³-hybridized carbons (Fsp3) is 1.00. The second-order valence-electron chi connectivity index (χ2n) is 7.10. The van der Waals surface area contributed by atoms with E-state index in [9.17, 15) is 0 Å². The minimum atomic E-state index is 0.483. The van der Waals surface area contributed by atoms with Crippen LogP contribution in [0.5, 0.6) is 0 Å². The van der Waals surface area contributed by atoms with E-state index in [2.05, 4.69) is 10.2 Å². The lowest BCUT2D eigenvalue weighted by Crippen LogP contribution is -2.45. The van der Waals surface area contributed by atoms with Crippen LogP contribution in [-0.2, 0) is 4.74 Å². The van der Waals surface area contributed by atoms with E-state index < -0.39 is 0 Å². The largest absolute Gasteiger partial charge is 0.380 e. The summed E-state index contributed by atoms with van der Waals surface area (Å²) in [5.74, 6) is 0. The zero-order valence-electron chi connectivity index (χ0n) is 12.5. The van der Waals surface area contributed by atoms with E-state index in [4.69, 9.17) is 4.74 Å². The van der Waals surface area contributed by atoms with Gasteiger partial charge in [-0.05, 0) is 37.5 Å². The van der Waals surface area contributed by atoms with Gasteiger partial charge in [-0.15, -0.1) is 0 Å². The van der Waals surface area contributed by atoms with Crippen molar-refractivity contribution in [3.05, 3.63) is 0 Å². The molecule has 1 heterocycles. The first-order valence-electron chi connectivity index (χ1n) is 8.28. The number of nitrogens with one attached hydrogen (secondary N) is 1. The van der Waals surface area contributed by atoms with Gasteiger partial charge in [0, 0.05) is 39.3 Å². The number of hydrogen-bond donors (Lipinski definition) is 1. The van der Waals surface area contributed by atoms with Crippen molar-refractivity contribution in [3.8, 4) is 0 Å². The van der Waals surface area contributed by atoms with Gasteiger partial charge in [0.05, 0.1) is 6.10 Å². The van der Waals surface area contributed by atoms with Gasteiger partial charge in [0.1, 0.15) is 0 Å². The Morgan fingerprint density at radius 2 is 1.95 bits per heavy atom. The molecule has 3 rings (SSSR count). The first kappa shape index (κ1) is 13.8. The van der Waals surface area contributed by atoms with Gasteiger partial charge in [-0.1, -0.05) is 19.3 Å². The SMILES string of the molecule is COC1CCN(CC2(CNC3CC3)CCCCC2)C1. The van der Waals surface area contributed by atoms with Crippen LogP contribution in [0.3, 0.4) is 0 Å². The maximum absolute atomic E-state index is 5.51. The molecule has 0 spiro atoms. The van der Waals surface area contributed by atoms with Crippen LogP contribution in [0, 0.1) is 5.41 Å². The Hall–Kier alpha value is -0.120. The number of nitrogens with zero attached hydrogens (tertiary/aromatic N) is 1. The van der Waals surface area contributed by atoms with E-state index in [-0.39, 0.29) is 0 Å². The number of rotatable bonds is 6. The van der Waals surface area contributed by atoms with Crippen molar-refractivity contribution in [2.45, 2.75) is 63.5 Å². The Morgan fingerprint density at radius 1 is 1.16 bits per heavy atom. The molecule has 3 heteroatoms. The van der Waals surface area contributed by atoms with Crippen LogP contribution in [-0.4, -0.2) is 50.3 Å². The second kappa shape index (κ2) is 6.11. The van der Waals surface area contributed by atoms with Gasteiger partial charge in [-0.3, -0.25) is 0 Å². The third-order valence-electron chi connectivity index (χ3n) is 5.38.